The molecule has 0 radical (unpaired) electrons. The number of rotatable bonds is 4. The van der Waals surface area contributed by atoms with Crippen LogP contribution in [-0.2, 0) is 4.79 Å². The van der Waals surface area contributed by atoms with Crippen LogP contribution >= 0.6 is 11.6 Å². The summed E-state index contributed by atoms with van der Waals surface area (Å²) in [5, 5.41) is 9.45. The van der Waals surface area contributed by atoms with Gasteiger partial charge in [-0.2, -0.15) is 0 Å². The molecule has 1 aromatic rings. The molecule has 0 saturated heterocycles. The van der Waals surface area contributed by atoms with Crippen molar-refractivity contribution in [3.05, 3.63) is 34.9 Å². The van der Waals surface area contributed by atoms with Crippen molar-refractivity contribution in [1.29, 1.82) is 0 Å². The molecule has 5 heteroatoms. The first-order valence-electron chi connectivity index (χ1n) is 4.81. The molecule has 0 fully saturated rings. The zero-order chi connectivity index (χ0) is 11.4. The lowest BCUT2D eigenvalue weighted by Crippen LogP contribution is -3.00. The van der Waals surface area contributed by atoms with E-state index in [-0.39, 0.29) is 30.8 Å². The number of carboxylic acid groups (broad SMARTS) is 1. The van der Waals surface area contributed by atoms with Gasteiger partial charge in [0.15, 0.2) is 0 Å². The fourth-order valence-corrected chi connectivity index (χ4v) is 1.67. The summed E-state index contributed by atoms with van der Waals surface area (Å²) in [6, 6.07) is 7.32. The van der Waals surface area contributed by atoms with Crippen LogP contribution in [-0.4, -0.2) is 17.1 Å². The fraction of sp³-hybridized carbons (Fsp3) is 0.364. The Balaban J connectivity index is 0.00000225. The van der Waals surface area contributed by atoms with E-state index in [1.807, 2.05) is 19.1 Å². The minimum Gasteiger partial charge on any atom is -1.00 e. The molecule has 0 saturated carbocycles. The number of aliphatic carboxylic acids is 1. The second kappa shape index (κ2) is 6.74. The van der Waals surface area contributed by atoms with Gasteiger partial charge in [-0.25, -0.2) is 0 Å². The second-order valence-electron chi connectivity index (χ2n) is 3.73. The summed E-state index contributed by atoms with van der Waals surface area (Å²) in [7, 11) is 0. The first-order valence-corrected chi connectivity index (χ1v) is 5.19. The molecule has 0 aliphatic rings. The van der Waals surface area contributed by atoms with E-state index >= 15 is 0 Å². The largest absolute Gasteiger partial charge is 1.00 e. The minimum atomic E-state index is -0.801. The standard InChI is InChI=1S/C11H14ClNO2.ClH/c1-7(13)10(6-11(14)15)8-2-4-9(12)5-3-8;/h2-5,7,10H,6,13H2,1H3,(H,14,15);1H/t7-,10+;/m0./s1. The Labute approximate surface area is 106 Å². The molecule has 0 aromatic heterocycles. The minimum absolute atomic E-state index is 0. The Morgan fingerprint density at radius 1 is 1.44 bits per heavy atom. The van der Waals surface area contributed by atoms with Gasteiger partial charge >= 0.3 is 5.97 Å². The van der Waals surface area contributed by atoms with Crippen LogP contribution < -0.4 is 18.1 Å². The molecule has 0 unspecified atom stereocenters. The highest BCUT2D eigenvalue weighted by atomic mass is 35.5. The first kappa shape index (κ1) is 15.2. The van der Waals surface area contributed by atoms with Gasteiger partial charge < -0.3 is 23.2 Å². The van der Waals surface area contributed by atoms with Crippen LogP contribution in [0.5, 0.6) is 0 Å². The summed E-state index contributed by atoms with van der Waals surface area (Å²) in [5.41, 5.74) is 4.87. The molecule has 0 bridgehead atoms. The topological polar surface area (TPSA) is 64.9 Å². The van der Waals surface area contributed by atoms with Crippen molar-refractivity contribution in [3.8, 4) is 0 Å². The van der Waals surface area contributed by atoms with Gasteiger partial charge in [-0.3, -0.25) is 4.79 Å². The number of quaternary nitrogens is 1. The Morgan fingerprint density at radius 3 is 2.31 bits per heavy atom. The molecule has 0 spiro atoms. The molecule has 0 heterocycles. The smallest absolute Gasteiger partial charge is 0.304 e. The second-order valence-corrected chi connectivity index (χ2v) is 4.17. The fourth-order valence-electron chi connectivity index (χ4n) is 1.55. The van der Waals surface area contributed by atoms with Crippen LogP contribution in [0.15, 0.2) is 24.3 Å². The maximum Gasteiger partial charge on any atom is 0.304 e. The van der Waals surface area contributed by atoms with Gasteiger partial charge in [-0.05, 0) is 24.6 Å². The van der Waals surface area contributed by atoms with Crippen LogP contribution in [0.3, 0.4) is 0 Å². The van der Waals surface area contributed by atoms with Gasteiger partial charge in [0.25, 0.3) is 0 Å². The van der Waals surface area contributed by atoms with E-state index in [0.717, 1.165) is 5.56 Å². The zero-order valence-corrected chi connectivity index (χ0v) is 10.5. The lowest BCUT2D eigenvalue weighted by Gasteiger charge is -2.16. The third kappa shape index (κ3) is 4.39. The number of halogens is 2. The molecular weight excluding hydrogens is 249 g/mol. The first-order chi connectivity index (χ1) is 7.00. The van der Waals surface area contributed by atoms with E-state index in [9.17, 15) is 4.79 Å². The van der Waals surface area contributed by atoms with Crippen LogP contribution in [0, 0.1) is 0 Å². The van der Waals surface area contributed by atoms with E-state index in [1.165, 1.54) is 0 Å². The average Bonchev–Trinajstić information content (AvgIpc) is 2.15. The van der Waals surface area contributed by atoms with Crippen LogP contribution in [0.4, 0.5) is 0 Å². The quantitative estimate of drug-likeness (QED) is 0.697. The van der Waals surface area contributed by atoms with Crippen molar-refractivity contribution < 1.29 is 28.0 Å². The maximum atomic E-state index is 10.7. The predicted molar refractivity (Wildman–Crippen MR) is 58.8 cm³/mol. The number of carboxylic acids is 1. The highest BCUT2D eigenvalue weighted by Gasteiger charge is 2.21. The van der Waals surface area contributed by atoms with Crippen LogP contribution in [0.2, 0.25) is 5.02 Å². The van der Waals surface area contributed by atoms with Crippen molar-refractivity contribution in [3.63, 3.8) is 0 Å². The number of benzene rings is 1. The SMILES string of the molecule is C[C@H]([NH3+])[C@@H](CC(=O)O)c1ccc(Cl)cc1.[Cl-]. The van der Waals surface area contributed by atoms with Crippen molar-refractivity contribution in [2.75, 3.05) is 0 Å². The molecule has 0 amide bonds. The molecule has 4 N–H and O–H groups in total. The van der Waals surface area contributed by atoms with Gasteiger partial charge in [0.1, 0.15) is 0 Å². The van der Waals surface area contributed by atoms with Crippen molar-refractivity contribution >= 4 is 17.6 Å². The maximum absolute atomic E-state index is 10.7. The van der Waals surface area contributed by atoms with Gasteiger partial charge in [0.2, 0.25) is 0 Å². The lowest BCUT2D eigenvalue weighted by molar-refractivity contribution is -0.419. The molecule has 1 aromatic carbocycles. The molecule has 0 aliphatic carbocycles. The summed E-state index contributed by atoms with van der Waals surface area (Å²) in [6.07, 6.45) is 0.103. The monoisotopic (exact) mass is 263 g/mol. The molecule has 2 atom stereocenters. The Kier molecular flexibility index (Phi) is 6.41. The number of hydrogen-bond donors (Lipinski definition) is 2. The van der Waals surface area contributed by atoms with E-state index in [4.69, 9.17) is 16.7 Å². The molecule has 3 nitrogen and oxygen atoms in total. The Morgan fingerprint density at radius 2 is 1.94 bits per heavy atom. The summed E-state index contributed by atoms with van der Waals surface area (Å²) >= 11 is 5.77. The van der Waals surface area contributed by atoms with Gasteiger partial charge in [0.05, 0.1) is 12.5 Å². The Bertz CT molecular complexity index is 338. The van der Waals surface area contributed by atoms with Crippen molar-refractivity contribution in [1.82, 2.24) is 0 Å². The van der Waals surface area contributed by atoms with Gasteiger partial charge in [-0.15, -0.1) is 0 Å². The molecular formula is C11H15Cl2NO2. The van der Waals surface area contributed by atoms with Gasteiger partial charge in [0, 0.05) is 10.9 Å². The van der Waals surface area contributed by atoms with Crippen molar-refractivity contribution in [2.45, 2.75) is 25.3 Å². The summed E-state index contributed by atoms with van der Waals surface area (Å²) in [5.74, 6) is -0.856. The van der Waals surface area contributed by atoms with E-state index in [1.54, 1.807) is 12.1 Å². The summed E-state index contributed by atoms with van der Waals surface area (Å²) in [6.45, 7) is 1.92. The third-order valence-electron chi connectivity index (χ3n) is 2.38. The lowest BCUT2D eigenvalue weighted by atomic mass is 9.90. The molecule has 1 rings (SSSR count). The van der Waals surface area contributed by atoms with Crippen LogP contribution in [0.25, 0.3) is 0 Å². The number of carbonyl (C=O) groups is 1. The summed E-state index contributed by atoms with van der Waals surface area (Å²) in [4.78, 5) is 10.7. The normalized spacial score (nSPS) is 13.7. The Hall–Kier alpha value is -0.770. The van der Waals surface area contributed by atoms with E-state index in [0.29, 0.717) is 5.02 Å². The van der Waals surface area contributed by atoms with Gasteiger partial charge in [-0.1, -0.05) is 23.7 Å². The highest BCUT2D eigenvalue weighted by molar-refractivity contribution is 6.30. The molecule has 0 aliphatic heterocycles. The molecule has 16 heavy (non-hydrogen) atoms. The van der Waals surface area contributed by atoms with Crippen molar-refractivity contribution in [2.24, 2.45) is 0 Å². The third-order valence-corrected chi connectivity index (χ3v) is 2.63. The number of hydrogen-bond acceptors (Lipinski definition) is 1. The highest BCUT2D eigenvalue weighted by Crippen LogP contribution is 2.23. The van der Waals surface area contributed by atoms with Crippen LogP contribution in [0.1, 0.15) is 24.8 Å². The van der Waals surface area contributed by atoms with E-state index in [2.05, 4.69) is 5.73 Å². The average molecular weight is 264 g/mol. The zero-order valence-electron chi connectivity index (χ0n) is 8.99. The predicted octanol–water partition coefficient (Wildman–Crippen LogP) is -1.47. The summed E-state index contributed by atoms with van der Waals surface area (Å²) < 4.78 is 0. The molecule has 90 valence electrons. The van der Waals surface area contributed by atoms with E-state index < -0.39 is 5.97 Å².